The van der Waals surface area contributed by atoms with Gasteiger partial charge in [0.05, 0.1) is 18.8 Å². The van der Waals surface area contributed by atoms with Gasteiger partial charge in [-0.3, -0.25) is 4.79 Å². The number of carbonyl (C=O) groups excluding carboxylic acids is 1. The lowest BCUT2D eigenvalue weighted by Crippen LogP contribution is -2.42. The predicted molar refractivity (Wildman–Crippen MR) is 68.7 cm³/mol. The first-order valence-electron chi connectivity index (χ1n) is 6.40. The van der Waals surface area contributed by atoms with Crippen LogP contribution in [0.5, 0.6) is 0 Å². The van der Waals surface area contributed by atoms with Gasteiger partial charge in [0.2, 0.25) is 10.0 Å². The van der Waals surface area contributed by atoms with Crippen molar-refractivity contribution >= 4 is 16.0 Å². The van der Waals surface area contributed by atoms with Crippen LogP contribution in [-0.2, 0) is 19.6 Å². The van der Waals surface area contributed by atoms with Crippen molar-refractivity contribution in [3.63, 3.8) is 0 Å². The number of hydrogen-bond acceptors (Lipinski definition) is 5. The number of nitrogens with one attached hydrogen (secondary N) is 2. The summed E-state index contributed by atoms with van der Waals surface area (Å²) >= 11 is 0. The minimum absolute atomic E-state index is 0.0697. The van der Waals surface area contributed by atoms with Crippen molar-refractivity contribution in [3.05, 3.63) is 0 Å². The lowest BCUT2D eigenvalue weighted by Gasteiger charge is -2.16. The van der Waals surface area contributed by atoms with E-state index in [1.165, 1.54) is 0 Å². The van der Waals surface area contributed by atoms with E-state index in [0.29, 0.717) is 6.54 Å². The monoisotopic (exact) mass is 278 g/mol. The maximum Gasteiger partial charge on any atom is 0.306 e. The highest BCUT2D eigenvalue weighted by Gasteiger charge is 2.20. The maximum absolute atomic E-state index is 11.8. The average Bonchev–Trinajstić information content (AvgIpc) is 2.55. The molecule has 1 saturated heterocycles. The Kier molecular flexibility index (Phi) is 6.59. The number of sulfonamides is 1. The molecule has 7 heteroatoms. The Labute approximate surface area is 109 Å². The predicted octanol–water partition coefficient (Wildman–Crippen LogP) is 0.00110. The fraction of sp³-hybridized carbons (Fsp3) is 0.909. The normalized spacial score (nSPS) is 21.3. The Bertz CT molecular complexity index is 348. The van der Waals surface area contributed by atoms with Crippen LogP contribution < -0.4 is 10.0 Å². The van der Waals surface area contributed by atoms with Crippen molar-refractivity contribution in [2.75, 3.05) is 25.4 Å². The molecule has 1 aliphatic rings. The van der Waals surface area contributed by atoms with Gasteiger partial charge in [0, 0.05) is 12.6 Å². The summed E-state index contributed by atoms with van der Waals surface area (Å²) in [5.41, 5.74) is 0. The highest BCUT2D eigenvalue weighted by Crippen LogP contribution is 2.06. The van der Waals surface area contributed by atoms with Gasteiger partial charge in [-0.2, -0.15) is 0 Å². The van der Waals surface area contributed by atoms with Crippen molar-refractivity contribution in [2.24, 2.45) is 0 Å². The second-order valence-electron chi connectivity index (χ2n) is 4.39. The van der Waals surface area contributed by atoms with E-state index in [1.54, 1.807) is 6.92 Å². The lowest BCUT2D eigenvalue weighted by atomic mass is 10.2. The van der Waals surface area contributed by atoms with E-state index in [9.17, 15) is 13.2 Å². The molecule has 1 aliphatic heterocycles. The molecular weight excluding hydrogens is 256 g/mol. The molecule has 0 bridgehead atoms. The minimum Gasteiger partial charge on any atom is -0.466 e. The van der Waals surface area contributed by atoms with E-state index < -0.39 is 16.0 Å². The van der Waals surface area contributed by atoms with Gasteiger partial charge >= 0.3 is 5.97 Å². The third-order valence-electron chi connectivity index (χ3n) is 2.77. The summed E-state index contributed by atoms with van der Waals surface area (Å²) in [6, 6.07) is -0.0697. The number of esters is 1. The van der Waals surface area contributed by atoms with E-state index in [2.05, 4.69) is 10.0 Å². The minimum atomic E-state index is -3.40. The first kappa shape index (κ1) is 15.4. The van der Waals surface area contributed by atoms with E-state index >= 15 is 0 Å². The Morgan fingerprint density at radius 1 is 1.44 bits per heavy atom. The standard InChI is InChI=1S/C11H22N2O4S/c1-2-17-11(14)6-8-18(15,16)13-10-5-3-4-7-12-9-10/h10,12-13H,2-9H2,1H3. The second kappa shape index (κ2) is 7.70. The molecule has 0 aliphatic carbocycles. The fourth-order valence-corrected chi connectivity index (χ4v) is 3.15. The zero-order chi connectivity index (χ0) is 13.4. The summed E-state index contributed by atoms with van der Waals surface area (Å²) in [6.07, 6.45) is 2.83. The van der Waals surface area contributed by atoms with Gasteiger partial charge in [0.25, 0.3) is 0 Å². The maximum atomic E-state index is 11.8. The van der Waals surface area contributed by atoms with Gasteiger partial charge in [-0.15, -0.1) is 0 Å². The first-order valence-corrected chi connectivity index (χ1v) is 8.05. The molecule has 1 heterocycles. The van der Waals surface area contributed by atoms with Gasteiger partial charge in [-0.1, -0.05) is 6.42 Å². The van der Waals surface area contributed by atoms with E-state index in [4.69, 9.17) is 4.74 Å². The summed E-state index contributed by atoms with van der Waals surface area (Å²) in [4.78, 5) is 11.1. The summed E-state index contributed by atoms with van der Waals surface area (Å²) < 4.78 is 30.9. The van der Waals surface area contributed by atoms with Crippen LogP contribution in [0, 0.1) is 0 Å². The molecule has 2 N–H and O–H groups in total. The van der Waals surface area contributed by atoms with E-state index in [-0.39, 0.29) is 24.8 Å². The number of carbonyl (C=O) groups is 1. The molecule has 0 amide bonds. The smallest absolute Gasteiger partial charge is 0.306 e. The number of rotatable bonds is 6. The fourth-order valence-electron chi connectivity index (χ4n) is 1.88. The quantitative estimate of drug-likeness (QED) is 0.668. The van der Waals surface area contributed by atoms with Gasteiger partial charge in [-0.25, -0.2) is 13.1 Å². The van der Waals surface area contributed by atoms with Crippen LogP contribution in [0.15, 0.2) is 0 Å². The third-order valence-corrected chi connectivity index (χ3v) is 4.21. The summed E-state index contributed by atoms with van der Waals surface area (Å²) in [6.45, 7) is 3.56. The Hall–Kier alpha value is -0.660. The van der Waals surface area contributed by atoms with Crippen LogP contribution in [0.1, 0.15) is 32.6 Å². The van der Waals surface area contributed by atoms with Crippen molar-refractivity contribution < 1.29 is 17.9 Å². The molecule has 1 rings (SSSR count). The van der Waals surface area contributed by atoms with Gasteiger partial charge in [0.1, 0.15) is 0 Å². The highest BCUT2D eigenvalue weighted by molar-refractivity contribution is 7.89. The Morgan fingerprint density at radius 2 is 2.22 bits per heavy atom. The van der Waals surface area contributed by atoms with Gasteiger partial charge < -0.3 is 10.1 Å². The molecule has 6 nitrogen and oxygen atoms in total. The molecule has 1 fully saturated rings. The van der Waals surface area contributed by atoms with Crippen molar-refractivity contribution in [3.8, 4) is 0 Å². The summed E-state index contributed by atoms with van der Waals surface area (Å²) in [7, 11) is -3.40. The van der Waals surface area contributed by atoms with Crippen LogP contribution in [0.25, 0.3) is 0 Å². The zero-order valence-electron chi connectivity index (χ0n) is 10.8. The molecule has 0 aromatic carbocycles. The van der Waals surface area contributed by atoms with Crippen molar-refractivity contribution in [2.45, 2.75) is 38.6 Å². The van der Waals surface area contributed by atoms with Crippen LogP contribution >= 0.6 is 0 Å². The topological polar surface area (TPSA) is 84.5 Å². The second-order valence-corrected chi connectivity index (χ2v) is 6.26. The molecule has 18 heavy (non-hydrogen) atoms. The SMILES string of the molecule is CCOC(=O)CCS(=O)(=O)NC1CCCCNC1. The lowest BCUT2D eigenvalue weighted by molar-refractivity contribution is -0.142. The molecular formula is C11H22N2O4S. The summed E-state index contributed by atoms with van der Waals surface area (Å²) in [5, 5.41) is 3.19. The van der Waals surface area contributed by atoms with Gasteiger partial charge in [0.15, 0.2) is 0 Å². The average molecular weight is 278 g/mol. The van der Waals surface area contributed by atoms with Crippen molar-refractivity contribution in [1.29, 1.82) is 0 Å². The highest BCUT2D eigenvalue weighted by atomic mass is 32.2. The summed E-state index contributed by atoms with van der Waals surface area (Å²) in [5.74, 6) is -0.677. The molecule has 0 aromatic heterocycles. The van der Waals surface area contributed by atoms with Crippen LogP contribution in [0.2, 0.25) is 0 Å². The van der Waals surface area contributed by atoms with Crippen LogP contribution in [0.3, 0.4) is 0 Å². The molecule has 0 saturated carbocycles. The third kappa shape index (κ3) is 6.32. The molecule has 1 unspecified atom stereocenters. The first-order chi connectivity index (χ1) is 8.53. The van der Waals surface area contributed by atoms with E-state index in [0.717, 1.165) is 25.8 Å². The van der Waals surface area contributed by atoms with E-state index in [1.807, 2.05) is 0 Å². The number of hydrogen-bond donors (Lipinski definition) is 2. The molecule has 0 spiro atoms. The van der Waals surface area contributed by atoms with Crippen LogP contribution in [0.4, 0.5) is 0 Å². The Morgan fingerprint density at radius 3 is 2.94 bits per heavy atom. The zero-order valence-corrected chi connectivity index (χ0v) is 11.6. The Balaban J connectivity index is 2.36. The number of ether oxygens (including phenoxy) is 1. The molecule has 1 atom stereocenters. The van der Waals surface area contributed by atoms with Crippen LogP contribution in [-0.4, -0.2) is 45.9 Å². The molecule has 106 valence electrons. The van der Waals surface area contributed by atoms with Crippen molar-refractivity contribution in [1.82, 2.24) is 10.0 Å². The molecule has 0 aromatic rings. The van der Waals surface area contributed by atoms with Gasteiger partial charge in [-0.05, 0) is 26.3 Å². The molecule has 0 radical (unpaired) electrons. The largest absolute Gasteiger partial charge is 0.466 e.